The van der Waals surface area contributed by atoms with E-state index in [1.807, 2.05) is 0 Å². The van der Waals surface area contributed by atoms with Crippen molar-refractivity contribution in [3.63, 3.8) is 0 Å². The topological polar surface area (TPSA) is 37.3 Å². The van der Waals surface area contributed by atoms with Crippen LogP contribution < -0.4 is 0 Å². The monoisotopic (exact) mass is 238 g/mol. The Kier molecular flexibility index (Phi) is 2.91. The number of aliphatic carboxylic acids is 1. The maximum Gasteiger partial charge on any atom is 0.417 e. The molecular weight excluding hydrogens is 229 g/mol. The second-order valence-corrected chi connectivity index (χ2v) is 5.14. The van der Waals surface area contributed by atoms with Crippen LogP contribution in [-0.2, 0) is 4.79 Å². The highest BCUT2D eigenvalue weighted by Crippen LogP contribution is 2.42. The fourth-order valence-electron chi connectivity index (χ4n) is 1.13. The zero-order chi connectivity index (χ0) is 11.9. The Morgan fingerprint density at radius 1 is 1.47 bits per heavy atom. The van der Waals surface area contributed by atoms with Gasteiger partial charge in [0, 0.05) is 4.75 Å². The Balaban J connectivity index is 3.20. The number of thioether (sulfide) groups is 1. The van der Waals surface area contributed by atoms with E-state index in [1.165, 1.54) is 0 Å². The lowest BCUT2D eigenvalue weighted by atomic mass is 10.0. The minimum absolute atomic E-state index is 0.688. The van der Waals surface area contributed by atoms with E-state index in [-0.39, 0.29) is 0 Å². The largest absolute Gasteiger partial charge is 0.478 e. The predicted molar refractivity (Wildman–Crippen MR) is 51.5 cm³/mol. The van der Waals surface area contributed by atoms with Gasteiger partial charge in [-0.2, -0.15) is 13.2 Å². The van der Waals surface area contributed by atoms with Crippen molar-refractivity contribution in [1.29, 1.82) is 0 Å². The number of hydrogen-bond donors (Lipinski definition) is 1. The fourth-order valence-corrected chi connectivity index (χ4v) is 1.97. The Bertz CT molecular complexity index is 353. The average Bonchev–Trinajstić information content (AvgIpc) is 2.00. The fraction of sp³-hybridized carbons (Fsp3) is 0.444. The van der Waals surface area contributed by atoms with Crippen LogP contribution in [0, 0.1) is 0 Å². The molecule has 1 aliphatic rings. The number of carboxylic acid groups (broad SMARTS) is 1. The molecule has 0 aliphatic carbocycles. The quantitative estimate of drug-likeness (QED) is 0.763. The third kappa shape index (κ3) is 2.77. The highest BCUT2D eigenvalue weighted by Gasteiger charge is 2.41. The van der Waals surface area contributed by atoms with Crippen LogP contribution in [-0.4, -0.2) is 22.0 Å². The zero-order valence-corrected chi connectivity index (χ0v) is 8.87. The second kappa shape index (κ2) is 3.59. The Labute approximate surface area is 88.8 Å². The summed E-state index contributed by atoms with van der Waals surface area (Å²) in [5, 5.41) is 9.67. The van der Waals surface area contributed by atoms with Gasteiger partial charge in [0.05, 0.1) is 11.1 Å². The standard InChI is InChI=1S/C9H9F3O2S/c1-8(2)3-6(9(10,11)12)5(4-15-8)7(13)14/h3-4H,1-2H3,(H,13,14). The zero-order valence-electron chi connectivity index (χ0n) is 8.05. The van der Waals surface area contributed by atoms with E-state index < -0.39 is 28.0 Å². The molecule has 84 valence electrons. The van der Waals surface area contributed by atoms with Gasteiger partial charge in [-0.3, -0.25) is 0 Å². The van der Waals surface area contributed by atoms with Gasteiger partial charge >= 0.3 is 12.1 Å². The lowest BCUT2D eigenvalue weighted by molar-refractivity contribution is -0.134. The summed E-state index contributed by atoms with van der Waals surface area (Å²) in [4.78, 5) is 10.6. The summed E-state index contributed by atoms with van der Waals surface area (Å²) in [6.45, 7) is 3.19. The number of rotatable bonds is 1. The first-order valence-electron chi connectivity index (χ1n) is 4.05. The molecule has 0 spiro atoms. The van der Waals surface area contributed by atoms with Crippen molar-refractivity contribution >= 4 is 17.7 Å². The smallest absolute Gasteiger partial charge is 0.417 e. The molecule has 1 heterocycles. The van der Waals surface area contributed by atoms with Gasteiger partial charge in [-0.15, -0.1) is 11.8 Å². The lowest BCUT2D eigenvalue weighted by Gasteiger charge is -2.26. The molecule has 0 radical (unpaired) electrons. The van der Waals surface area contributed by atoms with Crippen LogP contribution in [0.1, 0.15) is 13.8 Å². The summed E-state index contributed by atoms with van der Waals surface area (Å²) >= 11 is 1.06. The molecule has 0 aromatic carbocycles. The van der Waals surface area contributed by atoms with E-state index in [4.69, 9.17) is 5.11 Å². The third-order valence-electron chi connectivity index (χ3n) is 1.80. The summed E-state index contributed by atoms with van der Waals surface area (Å²) in [6, 6.07) is 0. The van der Waals surface area contributed by atoms with Crippen LogP contribution in [0.15, 0.2) is 22.6 Å². The van der Waals surface area contributed by atoms with Crippen molar-refractivity contribution in [2.45, 2.75) is 24.8 Å². The van der Waals surface area contributed by atoms with E-state index in [2.05, 4.69) is 0 Å². The molecule has 2 nitrogen and oxygen atoms in total. The first-order chi connectivity index (χ1) is 6.63. The molecule has 1 rings (SSSR count). The molecule has 0 atom stereocenters. The Morgan fingerprint density at radius 3 is 2.40 bits per heavy atom. The number of halogens is 3. The molecule has 0 aromatic heterocycles. The summed E-state index contributed by atoms with van der Waals surface area (Å²) in [5.41, 5.74) is -1.76. The normalized spacial score (nSPS) is 20.6. The van der Waals surface area contributed by atoms with Gasteiger partial charge in [0.15, 0.2) is 0 Å². The predicted octanol–water partition coefficient (Wildman–Crippen LogP) is 2.97. The van der Waals surface area contributed by atoms with Gasteiger partial charge in [-0.05, 0) is 19.3 Å². The molecule has 1 aliphatic heterocycles. The van der Waals surface area contributed by atoms with Gasteiger partial charge in [0.25, 0.3) is 0 Å². The Hall–Kier alpha value is -0.910. The molecule has 0 unspecified atom stereocenters. The van der Waals surface area contributed by atoms with Gasteiger partial charge in [-0.1, -0.05) is 6.08 Å². The summed E-state index contributed by atoms with van der Waals surface area (Å²) in [5.74, 6) is -1.55. The molecule has 0 amide bonds. The minimum Gasteiger partial charge on any atom is -0.478 e. The van der Waals surface area contributed by atoms with Gasteiger partial charge in [0.1, 0.15) is 0 Å². The van der Waals surface area contributed by atoms with Crippen molar-refractivity contribution in [2.75, 3.05) is 0 Å². The van der Waals surface area contributed by atoms with Gasteiger partial charge < -0.3 is 5.11 Å². The van der Waals surface area contributed by atoms with Crippen molar-refractivity contribution < 1.29 is 23.1 Å². The van der Waals surface area contributed by atoms with E-state index in [1.54, 1.807) is 13.8 Å². The van der Waals surface area contributed by atoms with Crippen LogP contribution in [0.25, 0.3) is 0 Å². The number of hydrogen-bond acceptors (Lipinski definition) is 2. The number of carboxylic acids is 1. The van der Waals surface area contributed by atoms with Crippen LogP contribution in [0.4, 0.5) is 13.2 Å². The van der Waals surface area contributed by atoms with E-state index in [0.29, 0.717) is 0 Å². The van der Waals surface area contributed by atoms with Crippen LogP contribution in [0.2, 0.25) is 0 Å². The molecule has 0 saturated carbocycles. The lowest BCUT2D eigenvalue weighted by Crippen LogP contribution is -2.25. The van der Waals surface area contributed by atoms with Crippen molar-refractivity contribution in [3.05, 3.63) is 22.6 Å². The van der Waals surface area contributed by atoms with E-state index >= 15 is 0 Å². The molecule has 0 saturated heterocycles. The van der Waals surface area contributed by atoms with Crippen molar-refractivity contribution in [3.8, 4) is 0 Å². The van der Waals surface area contributed by atoms with Gasteiger partial charge in [0.2, 0.25) is 0 Å². The molecule has 0 bridgehead atoms. The Morgan fingerprint density at radius 2 is 2.00 bits per heavy atom. The maximum atomic E-state index is 12.5. The van der Waals surface area contributed by atoms with Crippen LogP contribution >= 0.6 is 11.8 Å². The van der Waals surface area contributed by atoms with Crippen molar-refractivity contribution in [2.24, 2.45) is 0 Å². The number of carbonyl (C=O) groups is 1. The van der Waals surface area contributed by atoms with Crippen molar-refractivity contribution in [1.82, 2.24) is 0 Å². The van der Waals surface area contributed by atoms with Gasteiger partial charge in [-0.25, -0.2) is 4.79 Å². The SMILES string of the molecule is CC1(C)C=C(C(F)(F)F)C(C(=O)O)=CS1. The summed E-state index contributed by atoms with van der Waals surface area (Å²) in [6.07, 6.45) is -3.68. The highest BCUT2D eigenvalue weighted by atomic mass is 32.2. The molecule has 0 aromatic rings. The summed E-state index contributed by atoms with van der Waals surface area (Å²) in [7, 11) is 0. The molecule has 1 N–H and O–H groups in total. The number of alkyl halides is 3. The van der Waals surface area contributed by atoms with Crippen LogP contribution in [0.5, 0.6) is 0 Å². The molecular formula is C9H9F3O2S. The highest BCUT2D eigenvalue weighted by molar-refractivity contribution is 8.03. The van der Waals surface area contributed by atoms with Crippen LogP contribution in [0.3, 0.4) is 0 Å². The second-order valence-electron chi connectivity index (χ2n) is 3.61. The molecule has 0 fully saturated rings. The van der Waals surface area contributed by atoms with E-state index in [9.17, 15) is 18.0 Å². The third-order valence-corrected chi connectivity index (χ3v) is 2.88. The average molecular weight is 238 g/mol. The molecule has 6 heteroatoms. The molecule has 15 heavy (non-hydrogen) atoms. The maximum absolute atomic E-state index is 12.5. The first-order valence-corrected chi connectivity index (χ1v) is 4.93. The summed E-state index contributed by atoms with van der Waals surface area (Å²) < 4.78 is 36.8. The van der Waals surface area contributed by atoms with E-state index in [0.717, 1.165) is 23.2 Å². The first kappa shape index (κ1) is 12.2. The minimum atomic E-state index is -4.62.